The number of hydrogen-bond donors (Lipinski definition) is 2. The van der Waals surface area contributed by atoms with Crippen LogP contribution in [-0.2, 0) is 14.3 Å². The first kappa shape index (κ1) is 15.5. The van der Waals surface area contributed by atoms with Crippen LogP contribution in [0.25, 0.3) is 0 Å². The fraction of sp³-hybridized carbons (Fsp3) is 0.600. The number of carbonyl (C=O) groups is 2. The molecule has 3 heterocycles. The van der Waals surface area contributed by atoms with Crippen molar-refractivity contribution in [2.24, 2.45) is 0 Å². The van der Waals surface area contributed by atoms with Gasteiger partial charge in [-0.25, -0.2) is 0 Å². The molecule has 0 unspecified atom stereocenters. The van der Waals surface area contributed by atoms with E-state index in [2.05, 4.69) is 27.0 Å². The smallest absolute Gasteiger partial charge is 0.242 e. The van der Waals surface area contributed by atoms with Gasteiger partial charge in [-0.05, 0) is 17.9 Å². The maximum atomic E-state index is 12.2. The van der Waals surface area contributed by atoms with Crippen LogP contribution < -0.4 is 10.6 Å². The Morgan fingerprint density at radius 3 is 2.95 bits per heavy atom. The number of nitrogens with one attached hydrogen (secondary N) is 2. The molecule has 2 N–H and O–H groups in total. The third-order valence-corrected chi connectivity index (χ3v) is 5.11. The van der Waals surface area contributed by atoms with Gasteiger partial charge in [0, 0.05) is 30.9 Å². The summed E-state index contributed by atoms with van der Waals surface area (Å²) in [7, 11) is 0. The minimum absolute atomic E-state index is 0.0388. The van der Waals surface area contributed by atoms with E-state index in [0.29, 0.717) is 19.4 Å². The van der Waals surface area contributed by atoms with E-state index < -0.39 is 0 Å². The summed E-state index contributed by atoms with van der Waals surface area (Å²) in [4.78, 5) is 27.0. The molecule has 3 rings (SSSR count). The number of hydrogen-bond acceptors (Lipinski definition) is 5. The third-order valence-electron chi connectivity index (χ3n) is 4.14. The first-order chi connectivity index (χ1) is 10.7. The predicted molar refractivity (Wildman–Crippen MR) is 83.6 cm³/mol. The molecule has 6 nitrogen and oxygen atoms in total. The molecular formula is C15H21N3O3S. The Morgan fingerprint density at radius 1 is 1.50 bits per heavy atom. The maximum Gasteiger partial charge on any atom is 0.242 e. The SMILES string of the molecule is O=C1CC[C@@H](C(=O)NC[C@@H](c2cccs2)N2CCOCC2)N1. The second-order valence-electron chi connectivity index (χ2n) is 5.58. The summed E-state index contributed by atoms with van der Waals surface area (Å²) in [5, 5.41) is 7.77. The summed E-state index contributed by atoms with van der Waals surface area (Å²) >= 11 is 1.71. The summed E-state index contributed by atoms with van der Waals surface area (Å²) in [5.74, 6) is -0.121. The Morgan fingerprint density at radius 2 is 2.32 bits per heavy atom. The van der Waals surface area contributed by atoms with Gasteiger partial charge in [0.05, 0.1) is 19.3 Å². The van der Waals surface area contributed by atoms with Gasteiger partial charge in [0.1, 0.15) is 6.04 Å². The van der Waals surface area contributed by atoms with E-state index in [1.165, 1.54) is 4.88 Å². The zero-order valence-corrected chi connectivity index (χ0v) is 13.2. The molecule has 2 fully saturated rings. The van der Waals surface area contributed by atoms with Gasteiger partial charge in [0.2, 0.25) is 11.8 Å². The lowest BCUT2D eigenvalue weighted by Crippen LogP contribution is -2.47. The molecule has 0 bridgehead atoms. The fourth-order valence-electron chi connectivity index (χ4n) is 2.91. The Balaban J connectivity index is 1.60. The molecule has 7 heteroatoms. The van der Waals surface area contributed by atoms with Crippen molar-refractivity contribution in [2.45, 2.75) is 24.9 Å². The summed E-state index contributed by atoms with van der Waals surface area (Å²) in [6.45, 7) is 3.77. The molecule has 2 amide bonds. The lowest BCUT2D eigenvalue weighted by atomic mass is 10.1. The van der Waals surface area contributed by atoms with Gasteiger partial charge in [0.25, 0.3) is 0 Å². The topological polar surface area (TPSA) is 70.7 Å². The molecular weight excluding hydrogens is 302 g/mol. The first-order valence-corrected chi connectivity index (χ1v) is 8.54. The molecule has 2 aliphatic rings. The lowest BCUT2D eigenvalue weighted by molar-refractivity contribution is -0.126. The molecule has 0 spiro atoms. The van der Waals surface area contributed by atoms with Crippen molar-refractivity contribution in [3.05, 3.63) is 22.4 Å². The van der Waals surface area contributed by atoms with Crippen molar-refractivity contribution < 1.29 is 14.3 Å². The first-order valence-electron chi connectivity index (χ1n) is 7.66. The molecule has 2 saturated heterocycles. The molecule has 0 aromatic carbocycles. The number of nitrogens with zero attached hydrogens (tertiary/aromatic N) is 1. The highest BCUT2D eigenvalue weighted by Crippen LogP contribution is 2.25. The largest absolute Gasteiger partial charge is 0.379 e. The number of carbonyl (C=O) groups excluding carboxylic acids is 2. The molecule has 0 saturated carbocycles. The van der Waals surface area contributed by atoms with Crippen LogP contribution >= 0.6 is 11.3 Å². The summed E-state index contributed by atoms with van der Waals surface area (Å²) in [6.07, 6.45) is 1.03. The normalized spacial score (nSPS) is 24.0. The summed E-state index contributed by atoms with van der Waals surface area (Å²) in [6, 6.07) is 3.94. The van der Waals surface area contributed by atoms with Gasteiger partial charge in [-0.3, -0.25) is 14.5 Å². The Kier molecular flexibility index (Phi) is 5.07. The van der Waals surface area contributed by atoms with Crippen molar-refractivity contribution in [3.8, 4) is 0 Å². The van der Waals surface area contributed by atoms with Gasteiger partial charge in [-0.2, -0.15) is 0 Å². The van der Waals surface area contributed by atoms with Crippen molar-refractivity contribution in [1.29, 1.82) is 0 Å². The van der Waals surface area contributed by atoms with Gasteiger partial charge in [0.15, 0.2) is 0 Å². The van der Waals surface area contributed by atoms with E-state index in [1.807, 2.05) is 6.07 Å². The van der Waals surface area contributed by atoms with Crippen LogP contribution in [0.4, 0.5) is 0 Å². The second-order valence-corrected chi connectivity index (χ2v) is 6.56. The number of rotatable bonds is 5. The predicted octanol–water partition coefficient (Wildman–Crippen LogP) is 0.516. The number of amides is 2. The van der Waals surface area contributed by atoms with Crippen LogP contribution in [-0.4, -0.2) is 55.6 Å². The highest BCUT2D eigenvalue weighted by molar-refractivity contribution is 7.10. The van der Waals surface area contributed by atoms with Gasteiger partial charge in [-0.15, -0.1) is 11.3 Å². The highest BCUT2D eigenvalue weighted by Gasteiger charge is 2.29. The van der Waals surface area contributed by atoms with Crippen molar-refractivity contribution in [3.63, 3.8) is 0 Å². The lowest BCUT2D eigenvalue weighted by Gasteiger charge is -2.34. The Hall–Kier alpha value is -1.44. The molecule has 1 aromatic heterocycles. The molecule has 120 valence electrons. The van der Waals surface area contributed by atoms with E-state index in [-0.39, 0.29) is 23.9 Å². The average molecular weight is 323 g/mol. The van der Waals surface area contributed by atoms with Crippen LogP contribution in [0, 0.1) is 0 Å². The minimum Gasteiger partial charge on any atom is -0.379 e. The van der Waals surface area contributed by atoms with E-state index in [4.69, 9.17) is 4.74 Å². The van der Waals surface area contributed by atoms with Crippen LogP contribution in [0.15, 0.2) is 17.5 Å². The minimum atomic E-state index is -0.374. The van der Waals surface area contributed by atoms with Gasteiger partial charge < -0.3 is 15.4 Å². The van der Waals surface area contributed by atoms with E-state index in [1.54, 1.807) is 11.3 Å². The van der Waals surface area contributed by atoms with Crippen molar-refractivity contribution >= 4 is 23.2 Å². The van der Waals surface area contributed by atoms with E-state index in [0.717, 1.165) is 26.3 Å². The number of morpholine rings is 1. The summed E-state index contributed by atoms with van der Waals surface area (Å²) in [5.41, 5.74) is 0. The van der Waals surface area contributed by atoms with Crippen LogP contribution in [0.2, 0.25) is 0 Å². The van der Waals surface area contributed by atoms with E-state index >= 15 is 0 Å². The van der Waals surface area contributed by atoms with Crippen LogP contribution in [0.3, 0.4) is 0 Å². The maximum absolute atomic E-state index is 12.2. The van der Waals surface area contributed by atoms with Gasteiger partial charge in [-0.1, -0.05) is 6.07 Å². The van der Waals surface area contributed by atoms with Crippen molar-refractivity contribution in [1.82, 2.24) is 15.5 Å². The average Bonchev–Trinajstić information content (AvgIpc) is 3.20. The van der Waals surface area contributed by atoms with Crippen LogP contribution in [0.1, 0.15) is 23.8 Å². The molecule has 0 radical (unpaired) electrons. The fourth-order valence-corrected chi connectivity index (χ4v) is 3.77. The third kappa shape index (κ3) is 3.66. The summed E-state index contributed by atoms with van der Waals surface area (Å²) < 4.78 is 5.41. The molecule has 1 aromatic rings. The van der Waals surface area contributed by atoms with Crippen molar-refractivity contribution in [2.75, 3.05) is 32.8 Å². The standard InChI is InChI=1S/C15H21N3O3S/c19-14-4-3-11(17-14)15(20)16-10-12(13-2-1-9-22-13)18-5-7-21-8-6-18/h1-2,9,11-12H,3-8,10H2,(H,16,20)(H,17,19)/t11-,12-/m0/s1. The van der Waals surface area contributed by atoms with Crippen LogP contribution in [0.5, 0.6) is 0 Å². The number of thiophene rings is 1. The Labute approximate surface area is 133 Å². The highest BCUT2D eigenvalue weighted by atomic mass is 32.1. The van der Waals surface area contributed by atoms with E-state index in [9.17, 15) is 9.59 Å². The molecule has 2 aliphatic heterocycles. The zero-order chi connectivity index (χ0) is 15.4. The molecule has 22 heavy (non-hydrogen) atoms. The molecule has 2 atom stereocenters. The second kappa shape index (κ2) is 7.21. The monoisotopic (exact) mass is 323 g/mol. The molecule has 0 aliphatic carbocycles. The Bertz CT molecular complexity index is 514. The number of ether oxygens (including phenoxy) is 1. The zero-order valence-electron chi connectivity index (χ0n) is 12.4. The quantitative estimate of drug-likeness (QED) is 0.829. The van der Waals surface area contributed by atoms with Gasteiger partial charge >= 0.3 is 0 Å².